The van der Waals surface area contributed by atoms with Crippen molar-refractivity contribution < 1.29 is 0 Å². The Morgan fingerprint density at radius 1 is 1.33 bits per heavy atom. The molecule has 9 heavy (non-hydrogen) atoms. The van der Waals surface area contributed by atoms with E-state index in [0.717, 1.165) is 0 Å². The molecule has 0 spiro atoms. The van der Waals surface area contributed by atoms with Crippen LogP contribution in [0.5, 0.6) is 0 Å². The maximum Gasteiger partial charge on any atom is 0.0387 e. The second-order valence-corrected chi connectivity index (χ2v) is 8.04. The zero-order valence-electron chi connectivity index (χ0n) is 6.87. The summed E-state index contributed by atoms with van der Waals surface area (Å²) in [7, 11) is -0.355. The van der Waals surface area contributed by atoms with Gasteiger partial charge in [0, 0.05) is 13.7 Å². The van der Waals surface area contributed by atoms with Crippen LogP contribution in [-0.4, -0.2) is 13.7 Å². The van der Waals surface area contributed by atoms with Crippen LogP contribution in [0, 0.1) is 0 Å². The van der Waals surface area contributed by atoms with Crippen molar-refractivity contribution in [1.82, 2.24) is 0 Å². The molecule has 56 valence electrons. The van der Waals surface area contributed by atoms with E-state index in [4.69, 9.17) is 11.6 Å². The van der Waals surface area contributed by atoms with Gasteiger partial charge in [-0.1, -0.05) is 19.1 Å². The normalized spacial score (nSPS) is 12.7. The van der Waals surface area contributed by atoms with Crippen molar-refractivity contribution >= 4 is 20.4 Å². The van der Waals surface area contributed by atoms with E-state index in [1.807, 2.05) is 0 Å². The van der Waals surface area contributed by atoms with E-state index in [9.17, 15) is 0 Å². The minimum atomic E-state index is -0.355. The summed E-state index contributed by atoms with van der Waals surface area (Å²) in [5.74, 6) is 0. The van der Waals surface area contributed by atoms with Crippen molar-refractivity contribution in [2.75, 3.05) is 0 Å². The fraction of sp³-hybridized carbons (Fsp3) is 1.00. The molecular formula is C7H17ClSi. The Balaban J connectivity index is 3.28. The molecule has 2 heteroatoms. The third kappa shape index (κ3) is 8.51. The van der Waals surface area contributed by atoms with Gasteiger partial charge >= 0.3 is 0 Å². The first-order valence-electron chi connectivity index (χ1n) is 3.61. The van der Waals surface area contributed by atoms with Gasteiger partial charge in [0.2, 0.25) is 0 Å². The molecule has 0 nitrogen and oxygen atoms in total. The number of hydrogen-bond acceptors (Lipinski definition) is 0. The molecule has 0 bridgehead atoms. The van der Waals surface area contributed by atoms with Gasteiger partial charge in [-0.25, -0.2) is 0 Å². The van der Waals surface area contributed by atoms with Crippen LogP contribution in [0.1, 0.15) is 20.3 Å². The summed E-state index contributed by atoms with van der Waals surface area (Å²) < 4.78 is 0. The fourth-order valence-electron chi connectivity index (χ4n) is 0.632. The molecule has 0 aromatic rings. The zero-order valence-corrected chi connectivity index (χ0v) is 8.78. The highest BCUT2D eigenvalue weighted by atomic mass is 35.5. The first kappa shape index (κ1) is 9.51. The maximum atomic E-state index is 6.00. The predicted octanol–water partition coefficient (Wildman–Crippen LogP) is 2.88. The molecule has 0 aliphatic rings. The van der Waals surface area contributed by atoms with E-state index in [1.165, 1.54) is 12.5 Å². The van der Waals surface area contributed by atoms with Crippen molar-refractivity contribution in [3.8, 4) is 0 Å². The van der Waals surface area contributed by atoms with E-state index >= 15 is 0 Å². The van der Waals surface area contributed by atoms with Crippen molar-refractivity contribution in [3.05, 3.63) is 0 Å². The molecule has 0 rings (SSSR count). The van der Waals surface area contributed by atoms with Gasteiger partial charge in [-0.05, 0) is 20.3 Å². The SMILES string of the molecule is C[SiH](C)CCC(C)(C)Cl. The lowest BCUT2D eigenvalue weighted by Crippen LogP contribution is -2.13. The molecule has 0 saturated carbocycles. The van der Waals surface area contributed by atoms with Crippen molar-refractivity contribution in [2.24, 2.45) is 0 Å². The van der Waals surface area contributed by atoms with Gasteiger partial charge in [-0.3, -0.25) is 0 Å². The smallest absolute Gasteiger partial charge is 0.0387 e. The second kappa shape index (κ2) is 3.62. The Labute approximate surface area is 65.2 Å². The molecule has 0 saturated heterocycles. The van der Waals surface area contributed by atoms with Crippen LogP contribution in [-0.2, 0) is 0 Å². The topological polar surface area (TPSA) is 0 Å². The first-order chi connectivity index (χ1) is 3.92. The Morgan fingerprint density at radius 2 is 1.78 bits per heavy atom. The van der Waals surface area contributed by atoms with Crippen LogP contribution in [0.15, 0.2) is 0 Å². The number of hydrogen-bond donors (Lipinski definition) is 0. The highest BCUT2D eigenvalue weighted by molar-refractivity contribution is 6.55. The number of alkyl halides is 1. The standard InChI is InChI=1S/C7H17ClSi/c1-7(2,8)5-6-9(3)4/h9H,5-6H2,1-4H3. The summed E-state index contributed by atoms with van der Waals surface area (Å²) in [5, 5.41) is 0. The number of halogens is 1. The lowest BCUT2D eigenvalue weighted by Gasteiger charge is -2.15. The van der Waals surface area contributed by atoms with E-state index in [0.29, 0.717) is 0 Å². The second-order valence-electron chi connectivity index (χ2n) is 3.65. The van der Waals surface area contributed by atoms with Crippen molar-refractivity contribution in [2.45, 2.75) is 44.3 Å². The van der Waals surface area contributed by atoms with E-state index < -0.39 is 0 Å². The third-order valence-electron chi connectivity index (χ3n) is 1.32. The molecule has 0 aliphatic carbocycles. The summed E-state index contributed by atoms with van der Waals surface area (Å²) in [6.07, 6.45) is 1.18. The van der Waals surface area contributed by atoms with E-state index in [2.05, 4.69) is 26.9 Å². The van der Waals surface area contributed by atoms with E-state index in [1.54, 1.807) is 0 Å². The van der Waals surface area contributed by atoms with Crippen LogP contribution >= 0.6 is 11.6 Å². The van der Waals surface area contributed by atoms with Crippen LogP contribution in [0.4, 0.5) is 0 Å². The Kier molecular flexibility index (Phi) is 3.82. The molecule has 0 heterocycles. The Bertz CT molecular complexity index is 73.5. The van der Waals surface area contributed by atoms with Crippen LogP contribution in [0.3, 0.4) is 0 Å². The van der Waals surface area contributed by atoms with E-state index in [-0.39, 0.29) is 13.7 Å². The molecule has 0 aromatic heterocycles. The molecule has 0 fully saturated rings. The van der Waals surface area contributed by atoms with Gasteiger partial charge in [0.05, 0.1) is 0 Å². The summed E-state index contributed by atoms with van der Waals surface area (Å²) in [6, 6.07) is 1.37. The van der Waals surface area contributed by atoms with Gasteiger partial charge in [-0.15, -0.1) is 11.6 Å². The minimum Gasteiger partial charge on any atom is -0.120 e. The molecular weight excluding hydrogens is 148 g/mol. The fourth-order valence-corrected chi connectivity index (χ4v) is 2.22. The van der Waals surface area contributed by atoms with Gasteiger partial charge in [-0.2, -0.15) is 0 Å². The van der Waals surface area contributed by atoms with Crippen LogP contribution < -0.4 is 0 Å². The lowest BCUT2D eigenvalue weighted by molar-refractivity contribution is 0.667. The average molecular weight is 165 g/mol. The summed E-state index contributed by atoms with van der Waals surface area (Å²) in [6.45, 7) is 8.90. The lowest BCUT2D eigenvalue weighted by atomic mass is 10.1. The van der Waals surface area contributed by atoms with Gasteiger partial charge in [0.1, 0.15) is 0 Å². The van der Waals surface area contributed by atoms with Gasteiger partial charge < -0.3 is 0 Å². The third-order valence-corrected chi connectivity index (χ3v) is 2.95. The molecule has 0 aliphatic heterocycles. The average Bonchev–Trinajstić information content (AvgIpc) is 1.59. The molecule has 0 N–H and O–H groups in total. The largest absolute Gasteiger partial charge is 0.120 e. The summed E-state index contributed by atoms with van der Waals surface area (Å²) in [4.78, 5) is 0.0390. The molecule has 0 aromatic carbocycles. The highest BCUT2D eigenvalue weighted by Crippen LogP contribution is 2.20. The molecule has 0 amide bonds. The van der Waals surface area contributed by atoms with Crippen molar-refractivity contribution in [3.63, 3.8) is 0 Å². The molecule has 0 atom stereocenters. The Hall–Kier alpha value is 0.507. The maximum absolute atomic E-state index is 6.00. The summed E-state index contributed by atoms with van der Waals surface area (Å²) in [5.41, 5.74) is 0. The summed E-state index contributed by atoms with van der Waals surface area (Å²) >= 11 is 6.00. The van der Waals surface area contributed by atoms with Gasteiger partial charge in [0.25, 0.3) is 0 Å². The molecule has 0 radical (unpaired) electrons. The van der Waals surface area contributed by atoms with Gasteiger partial charge in [0.15, 0.2) is 0 Å². The van der Waals surface area contributed by atoms with Crippen LogP contribution in [0.2, 0.25) is 19.1 Å². The highest BCUT2D eigenvalue weighted by Gasteiger charge is 2.12. The minimum absolute atomic E-state index is 0.0390. The predicted molar refractivity (Wildman–Crippen MR) is 48.2 cm³/mol. The van der Waals surface area contributed by atoms with Crippen molar-refractivity contribution in [1.29, 1.82) is 0 Å². The van der Waals surface area contributed by atoms with Crippen LogP contribution in [0.25, 0.3) is 0 Å². The zero-order chi connectivity index (χ0) is 7.49. The number of rotatable bonds is 3. The molecule has 0 unspecified atom stereocenters. The Morgan fingerprint density at radius 3 is 1.89 bits per heavy atom. The monoisotopic (exact) mass is 164 g/mol. The quantitative estimate of drug-likeness (QED) is 0.445. The first-order valence-corrected chi connectivity index (χ1v) is 7.11.